The van der Waals surface area contributed by atoms with Crippen molar-refractivity contribution in [2.45, 2.75) is 25.8 Å². The quantitative estimate of drug-likeness (QED) is 0.683. The SMILES string of the molecule is CCNCCS(=O)(=O)N1CCCC(N(C)C)C1. The molecule has 17 heavy (non-hydrogen) atoms. The minimum absolute atomic E-state index is 0.209. The molecule has 0 aliphatic carbocycles. The van der Waals surface area contributed by atoms with Crippen LogP contribution >= 0.6 is 0 Å². The van der Waals surface area contributed by atoms with Gasteiger partial charge in [0.2, 0.25) is 10.0 Å². The van der Waals surface area contributed by atoms with Gasteiger partial charge in [-0.1, -0.05) is 6.92 Å². The van der Waals surface area contributed by atoms with Gasteiger partial charge in [-0.2, -0.15) is 0 Å². The van der Waals surface area contributed by atoms with Crippen molar-refractivity contribution in [2.75, 3.05) is 46.0 Å². The lowest BCUT2D eigenvalue weighted by Gasteiger charge is -2.35. The van der Waals surface area contributed by atoms with Gasteiger partial charge in [-0.15, -0.1) is 0 Å². The predicted octanol–water partition coefficient (Wildman–Crippen LogP) is -0.0483. The average Bonchev–Trinajstić information content (AvgIpc) is 2.29. The second kappa shape index (κ2) is 6.68. The molecule has 0 amide bonds. The van der Waals surface area contributed by atoms with Crippen molar-refractivity contribution in [3.05, 3.63) is 0 Å². The molecular formula is C11H25N3O2S. The van der Waals surface area contributed by atoms with Gasteiger partial charge in [0.1, 0.15) is 0 Å². The van der Waals surface area contributed by atoms with Crippen LogP contribution in [0.3, 0.4) is 0 Å². The number of piperidine rings is 1. The molecule has 0 bridgehead atoms. The van der Waals surface area contributed by atoms with Gasteiger partial charge in [0.15, 0.2) is 0 Å². The molecule has 1 N–H and O–H groups in total. The van der Waals surface area contributed by atoms with Gasteiger partial charge in [0.25, 0.3) is 0 Å². The molecule has 1 rings (SSSR count). The maximum atomic E-state index is 12.1. The van der Waals surface area contributed by atoms with E-state index in [1.54, 1.807) is 4.31 Å². The van der Waals surface area contributed by atoms with Crippen LogP contribution in [0.25, 0.3) is 0 Å². The Balaban J connectivity index is 2.52. The normalized spacial score (nSPS) is 23.2. The van der Waals surface area contributed by atoms with Gasteiger partial charge in [-0.05, 0) is 33.5 Å². The van der Waals surface area contributed by atoms with E-state index in [1.807, 2.05) is 21.0 Å². The molecule has 1 unspecified atom stereocenters. The molecule has 0 spiro atoms. The number of nitrogens with one attached hydrogen (secondary N) is 1. The maximum absolute atomic E-state index is 12.1. The van der Waals surface area contributed by atoms with Crippen molar-refractivity contribution in [2.24, 2.45) is 0 Å². The minimum atomic E-state index is -3.08. The second-order valence-electron chi connectivity index (χ2n) is 4.79. The summed E-state index contributed by atoms with van der Waals surface area (Å²) >= 11 is 0. The van der Waals surface area contributed by atoms with Crippen LogP contribution in [-0.2, 0) is 10.0 Å². The fourth-order valence-corrected chi connectivity index (χ4v) is 3.57. The molecule has 1 heterocycles. The summed E-state index contributed by atoms with van der Waals surface area (Å²) in [6, 6.07) is 0.359. The summed E-state index contributed by atoms with van der Waals surface area (Å²) in [4.78, 5) is 2.12. The van der Waals surface area contributed by atoms with E-state index < -0.39 is 10.0 Å². The van der Waals surface area contributed by atoms with Crippen molar-refractivity contribution in [1.29, 1.82) is 0 Å². The number of nitrogens with zero attached hydrogens (tertiary/aromatic N) is 2. The lowest BCUT2D eigenvalue weighted by molar-refractivity contribution is 0.190. The van der Waals surface area contributed by atoms with Crippen molar-refractivity contribution in [3.63, 3.8) is 0 Å². The Labute approximate surface area is 105 Å². The summed E-state index contributed by atoms with van der Waals surface area (Å²) in [5.74, 6) is 0.209. The molecule has 102 valence electrons. The highest BCUT2D eigenvalue weighted by molar-refractivity contribution is 7.89. The average molecular weight is 263 g/mol. The Morgan fingerprint density at radius 3 is 2.71 bits per heavy atom. The van der Waals surface area contributed by atoms with E-state index in [1.165, 1.54) is 0 Å². The molecular weight excluding hydrogens is 238 g/mol. The molecule has 5 nitrogen and oxygen atoms in total. The molecule has 0 radical (unpaired) electrons. The lowest BCUT2D eigenvalue weighted by Crippen LogP contribution is -2.48. The van der Waals surface area contributed by atoms with E-state index >= 15 is 0 Å². The Hall–Kier alpha value is -0.170. The van der Waals surface area contributed by atoms with E-state index in [9.17, 15) is 8.42 Å². The zero-order valence-corrected chi connectivity index (χ0v) is 12.0. The Morgan fingerprint density at radius 2 is 2.12 bits per heavy atom. The molecule has 0 aromatic carbocycles. The highest BCUT2D eigenvalue weighted by Crippen LogP contribution is 2.16. The molecule has 0 aromatic rings. The fourth-order valence-electron chi connectivity index (χ4n) is 2.10. The summed E-state index contributed by atoms with van der Waals surface area (Å²) in [6.07, 6.45) is 2.05. The van der Waals surface area contributed by atoms with E-state index in [0.29, 0.717) is 25.7 Å². The van der Waals surface area contributed by atoms with E-state index in [0.717, 1.165) is 19.4 Å². The molecule has 1 atom stereocenters. The first-order valence-corrected chi connectivity index (χ1v) is 7.93. The molecule has 6 heteroatoms. The smallest absolute Gasteiger partial charge is 0.215 e. The van der Waals surface area contributed by atoms with Crippen molar-refractivity contribution in [3.8, 4) is 0 Å². The third-order valence-corrected chi connectivity index (χ3v) is 5.11. The monoisotopic (exact) mass is 263 g/mol. The number of sulfonamides is 1. The third kappa shape index (κ3) is 4.54. The standard InChI is InChI=1S/C11H25N3O2S/c1-4-12-7-9-17(15,16)14-8-5-6-11(10-14)13(2)3/h11-12H,4-10H2,1-3H3. The molecule has 1 aliphatic heterocycles. The van der Waals surface area contributed by atoms with Crippen LogP contribution in [0.2, 0.25) is 0 Å². The Kier molecular flexibility index (Phi) is 5.85. The number of hydrogen-bond acceptors (Lipinski definition) is 4. The first-order valence-electron chi connectivity index (χ1n) is 6.32. The first kappa shape index (κ1) is 14.9. The number of rotatable bonds is 6. The Morgan fingerprint density at radius 1 is 1.41 bits per heavy atom. The molecule has 1 fully saturated rings. The number of hydrogen-bond donors (Lipinski definition) is 1. The molecule has 1 saturated heterocycles. The summed E-state index contributed by atoms with van der Waals surface area (Å²) < 4.78 is 25.8. The number of likely N-dealkylation sites (N-methyl/N-ethyl adjacent to an activating group) is 1. The van der Waals surface area contributed by atoms with Crippen molar-refractivity contribution >= 4 is 10.0 Å². The second-order valence-corrected chi connectivity index (χ2v) is 6.88. The molecule has 1 aliphatic rings. The minimum Gasteiger partial charge on any atom is -0.316 e. The van der Waals surface area contributed by atoms with Gasteiger partial charge in [-0.25, -0.2) is 12.7 Å². The van der Waals surface area contributed by atoms with Crippen LogP contribution in [0.1, 0.15) is 19.8 Å². The van der Waals surface area contributed by atoms with E-state index in [-0.39, 0.29) is 5.75 Å². The van der Waals surface area contributed by atoms with Gasteiger partial charge >= 0.3 is 0 Å². The summed E-state index contributed by atoms with van der Waals surface area (Å²) in [7, 11) is 0.949. The van der Waals surface area contributed by atoms with Crippen LogP contribution in [0.15, 0.2) is 0 Å². The Bertz CT molecular complexity index is 317. The largest absolute Gasteiger partial charge is 0.316 e. The van der Waals surface area contributed by atoms with Crippen LogP contribution in [0.4, 0.5) is 0 Å². The van der Waals surface area contributed by atoms with Gasteiger partial charge in [0.05, 0.1) is 5.75 Å². The van der Waals surface area contributed by atoms with Crippen LogP contribution in [0.5, 0.6) is 0 Å². The van der Waals surface area contributed by atoms with Gasteiger partial charge < -0.3 is 10.2 Å². The van der Waals surface area contributed by atoms with Gasteiger partial charge in [0, 0.05) is 25.7 Å². The van der Waals surface area contributed by atoms with Crippen molar-refractivity contribution < 1.29 is 8.42 Å². The maximum Gasteiger partial charge on any atom is 0.215 e. The highest BCUT2D eigenvalue weighted by atomic mass is 32.2. The van der Waals surface area contributed by atoms with Crippen molar-refractivity contribution in [1.82, 2.24) is 14.5 Å². The van der Waals surface area contributed by atoms with Crippen LogP contribution in [0, 0.1) is 0 Å². The topological polar surface area (TPSA) is 52.7 Å². The third-order valence-electron chi connectivity index (χ3n) is 3.27. The lowest BCUT2D eigenvalue weighted by atomic mass is 10.1. The fraction of sp³-hybridized carbons (Fsp3) is 1.00. The first-order chi connectivity index (χ1) is 7.97. The zero-order valence-electron chi connectivity index (χ0n) is 11.1. The van der Waals surface area contributed by atoms with Crippen LogP contribution in [-0.4, -0.2) is 69.7 Å². The van der Waals surface area contributed by atoms with Crippen LogP contribution < -0.4 is 5.32 Å². The highest BCUT2D eigenvalue weighted by Gasteiger charge is 2.29. The van der Waals surface area contributed by atoms with Gasteiger partial charge in [-0.3, -0.25) is 0 Å². The summed E-state index contributed by atoms with van der Waals surface area (Å²) in [6.45, 7) is 4.66. The predicted molar refractivity (Wildman–Crippen MR) is 70.6 cm³/mol. The molecule has 0 saturated carbocycles. The molecule has 0 aromatic heterocycles. The summed E-state index contributed by atoms with van der Waals surface area (Å²) in [5.41, 5.74) is 0. The van der Waals surface area contributed by atoms with E-state index in [4.69, 9.17) is 0 Å². The summed E-state index contributed by atoms with van der Waals surface area (Å²) in [5, 5.41) is 3.06. The van der Waals surface area contributed by atoms with E-state index in [2.05, 4.69) is 10.2 Å². The zero-order chi connectivity index (χ0) is 12.9.